The van der Waals surface area contributed by atoms with Crippen molar-refractivity contribution in [3.05, 3.63) is 81.7 Å². The number of hydrogen-bond acceptors (Lipinski definition) is 6. The second kappa shape index (κ2) is 9.36. The third-order valence-corrected chi connectivity index (χ3v) is 7.87. The lowest BCUT2D eigenvalue weighted by Gasteiger charge is -2.22. The topological polar surface area (TPSA) is 92.8 Å². The highest BCUT2D eigenvalue weighted by Gasteiger charge is 2.28. The average molecular weight is 485 g/mol. The van der Waals surface area contributed by atoms with Crippen LogP contribution in [0.1, 0.15) is 43.1 Å². The van der Waals surface area contributed by atoms with E-state index in [1.165, 1.54) is 29.0 Å². The van der Waals surface area contributed by atoms with Crippen LogP contribution in [0.5, 0.6) is 0 Å². The van der Waals surface area contributed by atoms with Gasteiger partial charge in [0.15, 0.2) is 0 Å². The van der Waals surface area contributed by atoms with Crippen LogP contribution in [0, 0.1) is 0 Å². The van der Waals surface area contributed by atoms with E-state index in [0.29, 0.717) is 21.8 Å². The van der Waals surface area contributed by atoms with Gasteiger partial charge in [-0.1, -0.05) is 30.3 Å². The summed E-state index contributed by atoms with van der Waals surface area (Å²) in [6, 6.07) is 15.6. The minimum absolute atomic E-state index is 0.148. The Hall–Kier alpha value is -3.17. The molecule has 0 atom stereocenters. The van der Waals surface area contributed by atoms with Gasteiger partial charge in [0.25, 0.3) is 5.91 Å². The summed E-state index contributed by atoms with van der Waals surface area (Å²) in [5.74, 6) is -0.781. The maximum absolute atomic E-state index is 12.9. The molecule has 7 nitrogen and oxygen atoms in total. The van der Waals surface area contributed by atoms with Crippen LogP contribution in [0.25, 0.3) is 0 Å². The number of rotatable bonds is 7. The lowest BCUT2D eigenvalue weighted by Crippen LogP contribution is -2.29. The molecule has 1 aliphatic rings. The molecule has 4 rings (SSSR count). The smallest absolute Gasteiger partial charge is 0.341 e. The van der Waals surface area contributed by atoms with Crippen molar-refractivity contribution in [3.8, 4) is 0 Å². The summed E-state index contributed by atoms with van der Waals surface area (Å²) in [7, 11) is -2.15. The third kappa shape index (κ3) is 4.94. The number of nitrogens with one attached hydrogen (secondary N) is 1. The van der Waals surface area contributed by atoms with Crippen LogP contribution in [0.4, 0.5) is 10.7 Å². The zero-order chi connectivity index (χ0) is 23.6. The van der Waals surface area contributed by atoms with Crippen molar-refractivity contribution in [3.63, 3.8) is 0 Å². The van der Waals surface area contributed by atoms with Crippen molar-refractivity contribution < 1.29 is 22.7 Å². The molecule has 0 bridgehead atoms. The molecule has 1 aliphatic carbocycles. The minimum Gasteiger partial charge on any atom is -0.465 e. The number of amides is 1. The van der Waals surface area contributed by atoms with E-state index in [1.807, 2.05) is 6.07 Å². The van der Waals surface area contributed by atoms with E-state index >= 15 is 0 Å². The number of aryl methyl sites for hydroxylation is 1. The molecule has 0 radical (unpaired) electrons. The molecule has 0 aliphatic heterocycles. The van der Waals surface area contributed by atoms with Crippen LogP contribution in [0.3, 0.4) is 0 Å². The molecule has 1 amide bonds. The number of hydrogen-bond donors (Lipinski definition) is 1. The number of esters is 1. The van der Waals surface area contributed by atoms with Crippen LogP contribution < -0.4 is 9.62 Å². The SMILES string of the molecule is COC(=O)c1c(NC(=O)c2ccc(CN(c3ccccc3)S(C)(=O)=O)cc2)sc2c1CCC2. The molecule has 1 N–H and O–H groups in total. The molecule has 0 fully saturated rings. The molecule has 172 valence electrons. The quantitative estimate of drug-likeness (QED) is 0.507. The Bertz CT molecular complexity index is 1280. The van der Waals surface area contributed by atoms with E-state index in [9.17, 15) is 18.0 Å². The molecule has 9 heteroatoms. The molecular weight excluding hydrogens is 460 g/mol. The predicted molar refractivity (Wildman–Crippen MR) is 130 cm³/mol. The van der Waals surface area contributed by atoms with E-state index in [2.05, 4.69) is 5.32 Å². The fourth-order valence-electron chi connectivity index (χ4n) is 3.91. The van der Waals surface area contributed by atoms with Gasteiger partial charge in [-0.15, -0.1) is 11.3 Å². The Labute approximate surface area is 197 Å². The Balaban J connectivity index is 1.52. The molecule has 0 saturated heterocycles. The first-order chi connectivity index (χ1) is 15.8. The van der Waals surface area contributed by atoms with Gasteiger partial charge < -0.3 is 10.1 Å². The van der Waals surface area contributed by atoms with Gasteiger partial charge in [-0.05, 0) is 54.7 Å². The summed E-state index contributed by atoms with van der Waals surface area (Å²) in [5, 5.41) is 3.36. The second-order valence-electron chi connectivity index (χ2n) is 7.81. The fourth-order valence-corrected chi connectivity index (χ4v) is 6.07. The molecule has 33 heavy (non-hydrogen) atoms. The highest BCUT2D eigenvalue weighted by Crippen LogP contribution is 2.39. The third-order valence-electron chi connectivity index (χ3n) is 5.52. The van der Waals surface area contributed by atoms with Crippen molar-refractivity contribution in [1.82, 2.24) is 0 Å². The van der Waals surface area contributed by atoms with Crippen molar-refractivity contribution >= 4 is 43.9 Å². The highest BCUT2D eigenvalue weighted by atomic mass is 32.2. The van der Waals surface area contributed by atoms with Crippen LogP contribution in [-0.4, -0.2) is 33.7 Å². The number of nitrogens with zero attached hydrogens (tertiary/aromatic N) is 1. The van der Waals surface area contributed by atoms with Gasteiger partial charge in [0.2, 0.25) is 10.0 Å². The van der Waals surface area contributed by atoms with E-state index in [-0.39, 0.29) is 12.5 Å². The molecule has 2 aromatic carbocycles. The largest absolute Gasteiger partial charge is 0.465 e. The first kappa shape index (κ1) is 23.0. The van der Waals surface area contributed by atoms with Crippen LogP contribution in [-0.2, 0) is 34.1 Å². The van der Waals surface area contributed by atoms with Crippen LogP contribution >= 0.6 is 11.3 Å². The van der Waals surface area contributed by atoms with E-state index in [4.69, 9.17) is 4.74 Å². The summed E-state index contributed by atoms with van der Waals surface area (Å²) in [4.78, 5) is 26.3. The van der Waals surface area contributed by atoms with Gasteiger partial charge in [0, 0.05) is 10.4 Å². The highest BCUT2D eigenvalue weighted by molar-refractivity contribution is 7.92. The maximum Gasteiger partial charge on any atom is 0.341 e. The number of carbonyl (C=O) groups excluding carboxylic acids is 2. The number of thiophene rings is 1. The maximum atomic E-state index is 12.9. The van der Waals surface area contributed by atoms with E-state index < -0.39 is 16.0 Å². The van der Waals surface area contributed by atoms with Gasteiger partial charge in [0.05, 0.1) is 31.2 Å². The Kier molecular flexibility index (Phi) is 6.53. The first-order valence-corrected chi connectivity index (χ1v) is 13.1. The number of anilines is 2. The summed E-state index contributed by atoms with van der Waals surface area (Å²) in [6.07, 6.45) is 3.86. The number of sulfonamides is 1. The van der Waals surface area contributed by atoms with Gasteiger partial charge >= 0.3 is 5.97 Å². The number of para-hydroxylation sites is 1. The monoisotopic (exact) mass is 484 g/mol. The molecule has 0 unspecified atom stereocenters. The Morgan fingerprint density at radius 2 is 1.76 bits per heavy atom. The summed E-state index contributed by atoms with van der Waals surface area (Å²) in [6.45, 7) is 0.148. The first-order valence-electron chi connectivity index (χ1n) is 10.4. The number of fused-ring (bicyclic) bond motifs is 1. The van der Waals surface area contributed by atoms with Gasteiger partial charge in [-0.3, -0.25) is 9.10 Å². The fraction of sp³-hybridized carbons (Fsp3) is 0.250. The normalized spacial score (nSPS) is 12.8. The molecule has 3 aromatic rings. The van der Waals surface area contributed by atoms with Crippen molar-refractivity contribution in [2.45, 2.75) is 25.8 Å². The Morgan fingerprint density at radius 1 is 1.06 bits per heavy atom. The second-order valence-corrected chi connectivity index (χ2v) is 10.8. The zero-order valence-corrected chi connectivity index (χ0v) is 20.0. The summed E-state index contributed by atoms with van der Waals surface area (Å²) < 4.78 is 30.9. The van der Waals surface area contributed by atoms with E-state index in [0.717, 1.165) is 35.3 Å². The van der Waals surface area contributed by atoms with Crippen molar-refractivity contribution in [2.24, 2.45) is 0 Å². The molecular formula is C24H24N2O5S2. The van der Waals surface area contributed by atoms with E-state index in [1.54, 1.807) is 48.5 Å². The molecule has 1 heterocycles. The Morgan fingerprint density at radius 3 is 2.39 bits per heavy atom. The van der Waals surface area contributed by atoms with Crippen molar-refractivity contribution in [2.75, 3.05) is 23.0 Å². The summed E-state index contributed by atoms with van der Waals surface area (Å²) in [5.41, 5.74) is 3.15. The number of methoxy groups -OCH3 is 1. The van der Waals surface area contributed by atoms with Gasteiger partial charge in [-0.25, -0.2) is 13.2 Å². The van der Waals surface area contributed by atoms with Gasteiger partial charge in [0.1, 0.15) is 5.00 Å². The number of carbonyl (C=O) groups is 2. The van der Waals surface area contributed by atoms with Gasteiger partial charge in [-0.2, -0.15) is 0 Å². The number of benzene rings is 2. The molecule has 1 aromatic heterocycles. The average Bonchev–Trinajstić information content (AvgIpc) is 3.38. The predicted octanol–water partition coefficient (Wildman–Crippen LogP) is 4.24. The van der Waals surface area contributed by atoms with Crippen LogP contribution in [0.2, 0.25) is 0 Å². The van der Waals surface area contributed by atoms with Crippen LogP contribution in [0.15, 0.2) is 54.6 Å². The minimum atomic E-state index is -3.49. The lowest BCUT2D eigenvalue weighted by atomic mass is 10.1. The standard InChI is InChI=1S/C24H24N2O5S2/c1-31-24(28)21-19-9-6-10-20(19)32-23(21)25-22(27)17-13-11-16(12-14-17)15-26(33(2,29)30)18-7-4-3-5-8-18/h3-5,7-8,11-14H,6,9-10,15H2,1-2H3,(H,25,27). The number of ether oxygens (including phenoxy) is 1. The molecule has 0 spiro atoms. The summed E-state index contributed by atoms with van der Waals surface area (Å²) >= 11 is 1.42. The van der Waals surface area contributed by atoms with Crippen molar-refractivity contribution in [1.29, 1.82) is 0 Å². The zero-order valence-electron chi connectivity index (χ0n) is 18.3. The lowest BCUT2D eigenvalue weighted by molar-refractivity contribution is 0.0601. The molecule has 0 saturated carbocycles.